The van der Waals surface area contributed by atoms with Crippen LogP contribution >= 0.6 is 15.9 Å². The summed E-state index contributed by atoms with van der Waals surface area (Å²) in [5.74, 6) is 0.204. The molecule has 20 heavy (non-hydrogen) atoms. The molecule has 0 N–H and O–H groups in total. The van der Waals surface area contributed by atoms with Crippen molar-refractivity contribution < 1.29 is 4.79 Å². The van der Waals surface area contributed by atoms with E-state index in [1.54, 1.807) is 0 Å². The molecule has 0 spiro atoms. The summed E-state index contributed by atoms with van der Waals surface area (Å²) in [4.78, 5) is 14.5. The van der Waals surface area contributed by atoms with E-state index in [1.165, 1.54) is 11.3 Å². The smallest absolute Gasteiger partial charge is 0.164 e. The fourth-order valence-electron chi connectivity index (χ4n) is 2.68. The minimum atomic E-state index is 0.204. The van der Waals surface area contributed by atoms with Gasteiger partial charge in [-0.3, -0.25) is 4.79 Å². The summed E-state index contributed by atoms with van der Waals surface area (Å²) in [6.45, 7) is 1.81. The molecule has 1 heterocycles. The van der Waals surface area contributed by atoms with Crippen molar-refractivity contribution in [3.63, 3.8) is 0 Å². The molecule has 0 aromatic heterocycles. The first kappa shape index (κ1) is 13.4. The number of fused-ring (bicyclic) bond motifs is 1. The Labute approximate surface area is 127 Å². The lowest BCUT2D eigenvalue weighted by Gasteiger charge is -2.18. The highest BCUT2D eigenvalue weighted by Crippen LogP contribution is 2.27. The Morgan fingerprint density at radius 3 is 2.85 bits per heavy atom. The van der Waals surface area contributed by atoms with Gasteiger partial charge in [-0.05, 0) is 30.2 Å². The predicted octanol–water partition coefficient (Wildman–Crippen LogP) is 4.08. The Hall–Kier alpha value is -1.61. The monoisotopic (exact) mass is 329 g/mol. The molecule has 0 unspecified atom stereocenters. The van der Waals surface area contributed by atoms with Crippen LogP contribution in [-0.2, 0) is 6.42 Å². The molecular formula is C17H16BrNO. The average Bonchev–Trinajstić information content (AvgIpc) is 2.88. The number of halogens is 1. The zero-order chi connectivity index (χ0) is 13.9. The van der Waals surface area contributed by atoms with Crippen molar-refractivity contribution in [2.45, 2.75) is 12.8 Å². The number of carbonyl (C=O) groups excluding carboxylic acids is 1. The number of benzene rings is 2. The molecule has 0 amide bonds. The minimum Gasteiger partial charge on any atom is -0.371 e. The van der Waals surface area contributed by atoms with Crippen LogP contribution < -0.4 is 4.90 Å². The summed E-state index contributed by atoms with van der Waals surface area (Å²) < 4.78 is 0.954. The third kappa shape index (κ3) is 2.78. The van der Waals surface area contributed by atoms with Crippen molar-refractivity contribution in [1.82, 2.24) is 0 Å². The Morgan fingerprint density at radius 1 is 1.15 bits per heavy atom. The predicted molar refractivity (Wildman–Crippen MR) is 85.4 cm³/mol. The van der Waals surface area contributed by atoms with Gasteiger partial charge in [-0.1, -0.05) is 46.3 Å². The summed E-state index contributed by atoms with van der Waals surface area (Å²) in [6, 6.07) is 16.1. The third-order valence-electron chi connectivity index (χ3n) is 3.74. The van der Waals surface area contributed by atoms with E-state index < -0.39 is 0 Å². The first-order chi connectivity index (χ1) is 9.74. The van der Waals surface area contributed by atoms with Crippen LogP contribution in [0.25, 0.3) is 0 Å². The first-order valence-corrected chi connectivity index (χ1v) is 7.65. The highest BCUT2D eigenvalue weighted by molar-refractivity contribution is 9.10. The quantitative estimate of drug-likeness (QED) is 0.787. The number of hydrogen-bond acceptors (Lipinski definition) is 2. The molecule has 3 heteroatoms. The van der Waals surface area contributed by atoms with Crippen molar-refractivity contribution in [2.75, 3.05) is 18.0 Å². The molecule has 2 aromatic rings. The van der Waals surface area contributed by atoms with E-state index in [1.807, 2.05) is 24.3 Å². The van der Waals surface area contributed by atoms with Crippen LogP contribution in [0.4, 0.5) is 5.69 Å². The van der Waals surface area contributed by atoms with Gasteiger partial charge >= 0.3 is 0 Å². The molecule has 0 aliphatic carbocycles. The average molecular weight is 330 g/mol. The van der Waals surface area contributed by atoms with E-state index in [4.69, 9.17) is 0 Å². The highest BCUT2D eigenvalue weighted by atomic mass is 79.9. The first-order valence-electron chi connectivity index (χ1n) is 6.85. The normalized spacial score (nSPS) is 13.3. The van der Waals surface area contributed by atoms with Crippen LogP contribution in [0.3, 0.4) is 0 Å². The molecule has 0 saturated carbocycles. The maximum absolute atomic E-state index is 12.2. The number of para-hydroxylation sites is 1. The molecule has 3 rings (SSSR count). The van der Waals surface area contributed by atoms with E-state index in [2.05, 4.69) is 45.1 Å². The number of hydrogen-bond donors (Lipinski definition) is 0. The van der Waals surface area contributed by atoms with E-state index in [0.717, 1.165) is 29.5 Å². The molecule has 2 aromatic carbocycles. The van der Waals surface area contributed by atoms with Gasteiger partial charge in [0, 0.05) is 35.2 Å². The van der Waals surface area contributed by atoms with Crippen molar-refractivity contribution in [3.05, 3.63) is 64.1 Å². The number of ketones is 1. The maximum Gasteiger partial charge on any atom is 0.164 e. The Balaban J connectivity index is 1.65. The number of nitrogens with zero attached hydrogens (tertiary/aromatic N) is 1. The third-order valence-corrected chi connectivity index (χ3v) is 4.23. The van der Waals surface area contributed by atoms with Gasteiger partial charge in [-0.25, -0.2) is 0 Å². The second kappa shape index (κ2) is 5.80. The molecule has 0 fully saturated rings. The van der Waals surface area contributed by atoms with Crippen LogP contribution in [0, 0.1) is 0 Å². The Morgan fingerprint density at radius 2 is 2.00 bits per heavy atom. The van der Waals surface area contributed by atoms with E-state index in [0.29, 0.717) is 6.42 Å². The zero-order valence-electron chi connectivity index (χ0n) is 11.2. The summed E-state index contributed by atoms with van der Waals surface area (Å²) >= 11 is 3.41. The molecule has 102 valence electrons. The molecule has 1 aliphatic rings. The van der Waals surface area contributed by atoms with Crippen molar-refractivity contribution >= 4 is 27.4 Å². The largest absolute Gasteiger partial charge is 0.371 e. The summed E-state index contributed by atoms with van der Waals surface area (Å²) in [5, 5.41) is 0. The van der Waals surface area contributed by atoms with Gasteiger partial charge < -0.3 is 4.90 Å². The van der Waals surface area contributed by atoms with E-state index in [-0.39, 0.29) is 5.78 Å². The SMILES string of the molecule is O=C(CCN1CCc2ccccc21)c1cccc(Br)c1. The van der Waals surface area contributed by atoms with Gasteiger partial charge in [0.25, 0.3) is 0 Å². The molecule has 0 saturated heterocycles. The standard InChI is InChI=1S/C17H16BrNO/c18-15-6-3-5-14(12-15)17(20)9-11-19-10-8-13-4-1-2-7-16(13)19/h1-7,12H,8-11H2. The van der Waals surface area contributed by atoms with Gasteiger partial charge in [-0.15, -0.1) is 0 Å². The molecular weight excluding hydrogens is 314 g/mol. The summed E-state index contributed by atoms with van der Waals surface area (Å²) in [5.41, 5.74) is 3.46. The fourth-order valence-corrected chi connectivity index (χ4v) is 3.08. The summed E-state index contributed by atoms with van der Waals surface area (Å²) in [6.07, 6.45) is 1.64. The number of carbonyl (C=O) groups is 1. The topological polar surface area (TPSA) is 20.3 Å². The zero-order valence-corrected chi connectivity index (χ0v) is 12.8. The molecule has 2 nitrogen and oxygen atoms in total. The lowest BCUT2D eigenvalue weighted by atomic mass is 10.1. The minimum absolute atomic E-state index is 0.204. The number of anilines is 1. The number of Topliss-reactive ketones (excluding diaryl/α,β-unsaturated/α-hetero) is 1. The van der Waals surface area contributed by atoms with Crippen molar-refractivity contribution in [1.29, 1.82) is 0 Å². The molecule has 0 radical (unpaired) electrons. The Bertz CT molecular complexity index is 638. The van der Waals surface area contributed by atoms with E-state index in [9.17, 15) is 4.79 Å². The fraction of sp³-hybridized carbons (Fsp3) is 0.235. The van der Waals surface area contributed by atoms with Gasteiger partial charge in [-0.2, -0.15) is 0 Å². The van der Waals surface area contributed by atoms with Crippen LogP contribution in [0.15, 0.2) is 53.0 Å². The second-order valence-electron chi connectivity index (χ2n) is 5.05. The van der Waals surface area contributed by atoms with Crippen LogP contribution in [-0.4, -0.2) is 18.9 Å². The molecule has 1 aliphatic heterocycles. The van der Waals surface area contributed by atoms with Gasteiger partial charge in [0.2, 0.25) is 0 Å². The van der Waals surface area contributed by atoms with Crippen LogP contribution in [0.1, 0.15) is 22.3 Å². The van der Waals surface area contributed by atoms with Crippen LogP contribution in [0.2, 0.25) is 0 Å². The van der Waals surface area contributed by atoms with Gasteiger partial charge in [0.15, 0.2) is 5.78 Å². The maximum atomic E-state index is 12.2. The van der Waals surface area contributed by atoms with Gasteiger partial charge in [0.1, 0.15) is 0 Å². The van der Waals surface area contributed by atoms with Gasteiger partial charge in [0.05, 0.1) is 0 Å². The number of rotatable bonds is 4. The van der Waals surface area contributed by atoms with E-state index >= 15 is 0 Å². The lowest BCUT2D eigenvalue weighted by Crippen LogP contribution is -2.23. The summed E-state index contributed by atoms with van der Waals surface area (Å²) in [7, 11) is 0. The molecule has 0 atom stereocenters. The van der Waals surface area contributed by atoms with Crippen molar-refractivity contribution in [2.24, 2.45) is 0 Å². The van der Waals surface area contributed by atoms with Crippen LogP contribution in [0.5, 0.6) is 0 Å². The van der Waals surface area contributed by atoms with Crippen molar-refractivity contribution in [3.8, 4) is 0 Å². The lowest BCUT2D eigenvalue weighted by molar-refractivity contribution is 0.0984. The highest BCUT2D eigenvalue weighted by Gasteiger charge is 2.18. The second-order valence-corrected chi connectivity index (χ2v) is 5.96. The molecule has 0 bridgehead atoms. The Kier molecular flexibility index (Phi) is 3.88.